The number of nitrogens with one attached hydrogen (secondary N) is 2. The van der Waals surface area contributed by atoms with Crippen LogP contribution in [0.3, 0.4) is 0 Å². The molecule has 8 heteroatoms. The monoisotopic (exact) mass is 472 g/mol. The minimum Gasteiger partial charge on any atom is -0.465 e. The number of aryl methyl sites for hydroxylation is 1. The van der Waals surface area contributed by atoms with Gasteiger partial charge in [-0.25, -0.2) is 4.79 Å². The van der Waals surface area contributed by atoms with E-state index < -0.39 is 5.97 Å². The summed E-state index contributed by atoms with van der Waals surface area (Å²) < 4.78 is 4.89. The summed E-state index contributed by atoms with van der Waals surface area (Å²) in [6.07, 6.45) is 3.46. The molecular weight excluding hydrogens is 448 g/mol. The molecule has 0 saturated heterocycles. The fourth-order valence-electron chi connectivity index (χ4n) is 3.74. The number of aromatic amines is 1. The van der Waals surface area contributed by atoms with Gasteiger partial charge in [-0.15, -0.1) is 0 Å². The number of ether oxygens (including phenoxy) is 1. The van der Waals surface area contributed by atoms with Crippen LogP contribution < -0.4 is 10.9 Å². The Morgan fingerprint density at radius 2 is 1.94 bits per heavy atom. The molecule has 2 N–H and O–H groups in total. The number of fused-ring (bicyclic) bond motifs is 1. The average Bonchev–Trinajstić information content (AvgIpc) is 2.85. The van der Waals surface area contributed by atoms with E-state index in [4.69, 9.17) is 17.0 Å². The third kappa shape index (κ3) is 5.13. The number of thiocarbonyl (C=S) groups is 1. The number of hydrogen-bond acceptors (Lipinski definition) is 5. The molecule has 34 heavy (non-hydrogen) atoms. The van der Waals surface area contributed by atoms with Crippen molar-refractivity contribution in [1.82, 2.24) is 14.9 Å². The van der Waals surface area contributed by atoms with Crippen LogP contribution in [0.2, 0.25) is 0 Å². The highest BCUT2D eigenvalue weighted by Crippen LogP contribution is 2.20. The van der Waals surface area contributed by atoms with Crippen molar-refractivity contribution >= 4 is 39.9 Å². The van der Waals surface area contributed by atoms with Crippen LogP contribution in [0.25, 0.3) is 10.9 Å². The van der Waals surface area contributed by atoms with Crippen LogP contribution in [-0.4, -0.2) is 33.1 Å². The maximum atomic E-state index is 12.9. The van der Waals surface area contributed by atoms with Crippen molar-refractivity contribution in [3.05, 3.63) is 106 Å². The smallest absolute Gasteiger partial charge is 0.339 e. The number of rotatable bonds is 6. The summed E-state index contributed by atoms with van der Waals surface area (Å²) >= 11 is 5.73. The largest absolute Gasteiger partial charge is 0.465 e. The Morgan fingerprint density at radius 3 is 2.71 bits per heavy atom. The molecule has 2 heterocycles. The van der Waals surface area contributed by atoms with E-state index >= 15 is 0 Å². The first-order valence-electron chi connectivity index (χ1n) is 10.7. The molecule has 2 aromatic heterocycles. The molecule has 0 aliphatic heterocycles. The van der Waals surface area contributed by atoms with Crippen LogP contribution in [0.1, 0.15) is 27.0 Å². The van der Waals surface area contributed by atoms with Crippen LogP contribution in [0.5, 0.6) is 0 Å². The lowest BCUT2D eigenvalue weighted by atomic mass is 10.1. The second-order valence-corrected chi connectivity index (χ2v) is 8.23. The molecule has 4 rings (SSSR count). The van der Waals surface area contributed by atoms with Gasteiger partial charge in [0.15, 0.2) is 5.11 Å². The zero-order valence-electron chi connectivity index (χ0n) is 18.9. The highest BCUT2D eigenvalue weighted by atomic mass is 32.1. The molecule has 7 nitrogen and oxygen atoms in total. The van der Waals surface area contributed by atoms with E-state index in [2.05, 4.69) is 15.3 Å². The molecule has 0 aliphatic carbocycles. The number of hydrogen-bond donors (Lipinski definition) is 2. The van der Waals surface area contributed by atoms with Crippen molar-refractivity contribution in [1.29, 1.82) is 0 Å². The highest BCUT2D eigenvalue weighted by Gasteiger charge is 2.18. The number of para-hydroxylation sites is 2. The summed E-state index contributed by atoms with van der Waals surface area (Å²) in [6.45, 7) is 2.65. The van der Waals surface area contributed by atoms with Gasteiger partial charge in [-0.2, -0.15) is 0 Å². The van der Waals surface area contributed by atoms with Crippen LogP contribution >= 0.6 is 12.2 Å². The molecule has 0 radical (unpaired) electrons. The van der Waals surface area contributed by atoms with Crippen LogP contribution in [0, 0.1) is 6.92 Å². The van der Waals surface area contributed by atoms with E-state index in [1.54, 1.807) is 36.7 Å². The first kappa shape index (κ1) is 23.1. The Kier molecular flexibility index (Phi) is 6.98. The van der Waals surface area contributed by atoms with Gasteiger partial charge in [-0.3, -0.25) is 9.78 Å². The third-order valence-electron chi connectivity index (χ3n) is 5.48. The number of carbonyl (C=O) groups excluding carboxylic acids is 1. The van der Waals surface area contributed by atoms with Gasteiger partial charge in [0, 0.05) is 24.5 Å². The average molecular weight is 473 g/mol. The summed E-state index contributed by atoms with van der Waals surface area (Å²) in [5.74, 6) is -0.467. The molecule has 0 amide bonds. The van der Waals surface area contributed by atoms with Gasteiger partial charge < -0.3 is 19.9 Å². The second kappa shape index (κ2) is 10.3. The van der Waals surface area contributed by atoms with Gasteiger partial charge in [0.1, 0.15) is 0 Å². The molecule has 0 atom stereocenters. The van der Waals surface area contributed by atoms with Crippen LogP contribution in [0.4, 0.5) is 5.69 Å². The topological polar surface area (TPSA) is 87.3 Å². The number of pyridine rings is 2. The molecule has 4 aromatic rings. The lowest BCUT2D eigenvalue weighted by Gasteiger charge is -2.26. The maximum absolute atomic E-state index is 12.9. The fourth-order valence-corrected chi connectivity index (χ4v) is 3.98. The number of methoxy groups -OCH3 is 1. The first-order chi connectivity index (χ1) is 16.5. The van der Waals surface area contributed by atoms with E-state index in [-0.39, 0.29) is 12.1 Å². The Balaban J connectivity index is 1.67. The fraction of sp³-hybridized carbons (Fsp3) is 0.154. The van der Waals surface area contributed by atoms with Gasteiger partial charge >= 0.3 is 5.97 Å². The molecule has 0 fully saturated rings. The molecular formula is C26H24N4O3S. The predicted molar refractivity (Wildman–Crippen MR) is 137 cm³/mol. The molecule has 2 aromatic carbocycles. The lowest BCUT2D eigenvalue weighted by molar-refractivity contribution is 0.0602. The highest BCUT2D eigenvalue weighted by molar-refractivity contribution is 7.80. The van der Waals surface area contributed by atoms with Crippen molar-refractivity contribution in [2.75, 3.05) is 12.4 Å². The number of anilines is 1. The van der Waals surface area contributed by atoms with Crippen molar-refractivity contribution in [3.63, 3.8) is 0 Å². The second-order valence-electron chi connectivity index (χ2n) is 7.85. The third-order valence-corrected chi connectivity index (χ3v) is 5.84. The zero-order chi connectivity index (χ0) is 24.1. The molecule has 172 valence electrons. The Morgan fingerprint density at radius 1 is 1.12 bits per heavy atom. The molecule has 0 unspecified atom stereocenters. The van der Waals surface area contributed by atoms with Gasteiger partial charge in [-0.05, 0) is 59.9 Å². The zero-order valence-corrected chi connectivity index (χ0v) is 19.7. The number of nitrogens with zero attached hydrogens (tertiary/aromatic N) is 2. The normalized spacial score (nSPS) is 10.6. The van der Waals surface area contributed by atoms with Crippen LogP contribution in [-0.2, 0) is 17.8 Å². The minimum atomic E-state index is -0.467. The molecule has 0 saturated carbocycles. The number of carbonyl (C=O) groups is 1. The Labute approximate surface area is 202 Å². The summed E-state index contributed by atoms with van der Waals surface area (Å²) in [6, 6.07) is 18.6. The number of benzene rings is 2. The minimum absolute atomic E-state index is 0.171. The van der Waals surface area contributed by atoms with Crippen LogP contribution in [0.15, 0.2) is 77.9 Å². The van der Waals surface area contributed by atoms with Crippen molar-refractivity contribution < 1.29 is 9.53 Å². The van der Waals surface area contributed by atoms with E-state index in [0.717, 1.165) is 22.0 Å². The van der Waals surface area contributed by atoms with Gasteiger partial charge in [-0.1, -0.05) is 36.4 Å². The molecule has 0 bridgehead atoms. The Hall–Kier alpha value is -4.04. The molecule has 0 aliphatic rings. The van der Waals surface area contributed by atoms with E-state index in [1.165, 1.54) is 7.11 Å². The lowest BCUT2D eigenvalue weighted by Crippen LogP contribution is -2.36. The van der Waals surface area contributed by atoms with Crippen molar-refractivity contribution in [3.8, 4) is 0 Å². The number of esters is 1. The quantitative estimate of drug-likeness (QED) is 0.317. The van der Waals surface area contributed by atoms with Crippen molar-refractivity contribution in [2.45, 2.75) is 20.0 Å². The summed E-state index contributed by atoms with van der Waals surface area (Å²) in [5.41, 5.74) is 4.06. The maximum Gasteiger partial charge on any atom is 0.339 e. The van der Waals surface area contributed by atoms with E-state index in [9.17, 15) is 9.59 Å². The van der Waals surface area contributed by atoms with Crippen molar-refractivity contribution in [2.24, 2.45) is 0 Å². The van der Waals surface area contributed by atoms with E-state index in [1.807, 2.05) is 48.2 Å². The predicted octanol–water partition coefficient (Wildman–Crippen LogP) is 4.42. The van der Waals surface area contributed by atoms with E-state index in [0.29, 0.717) is 28.5 Å². The standard InChI is InChI=1S/C26H24N4O3S/c1-17-7-5-9-19-13-20(24(31)29-23(17)19)16-30(15-18-8-6-12-27-14-18)26(34)28-22-11-4-3-10-21(22)25(32)33-2/h3-14H,15-16H2,1-2H3,(H,28,34)(H,29,31). The molecule has 0 spiro atoms. The first-order valence-corrected chi connectivity index (χ1v) is 11.1. The van der Waals surface area contributed by atoms with Gasteiger partial charge in [0.2, 0.25) is 0 Å². The van der Waals surface area contributed by atoms with Gasteiger partial charge in [0.05, 0.1) is 30.4 Å². The summed E-state index contributed by atoms with van der Waals surface area (Å²) in [4.78, 5) is 34.2. The van der Waals surface area contributed by atoms with Gasteiger partial charge in [0.25, 0.3) is 5.56 Å². The number of aromatic nitrogens is 2. The SMILES string of the molecule is COC(=O)c1ccccc1NC(=S)N(Cc1cccnc1)Cc1cc2cccc(C)c2[nH]c1=O. The summed E-state index contributed by atoms with van der Waals surface area (Å²) in [5, 5.41) is 4.47. The number of H-pyrrole nitrogens is 1. The summed E-state index contributed by atoms with van der Waals surface area (Å²) in [7, 11) is 1.33. The Bertz CT molecular complexity index is 1400.